The summed E-state index contributed by atoms with van der Waals surface area (Å²) in [5.74, 6) is 0.403. The maximum absolute atomic E-state index is 12.6. The highest BCUT2D eigenvalue weighted by atomic mass is 16.5. The Morgan fingerprint density at radius 2 is 1.53 bits per heavy atom. The number of ether oxygens (including phenoxy) is 1. The van der Waals surface area contributed by atoms with Gasteiger partial charge in [0.1, 0.15) is 22.5 Å². The van der Waals surface area contributed by atoms with Crippen molar-refractivity contribution in [2.24, 2.45) is 0 Å². The van der Waals surface area contributed by atoms with Gasteiger partial charge in [-0.05, 0) is 35.4 Å². The number of phenols is 1. The van der Waals surface area contributed by atoms with E-state index in [4.69, 9.17) is 9.15 Å². The maximum Gasteiger partial charge on any atom is 0.197 e. The molecule has 5 heteroatoms. The normalized spacial score (nSPS) is 14.2. The summed E-state index contributed by atoms with van der Waals surface area (Å²) in [6, 6.07) is 22.5. The van der Waals surface area contributed by atoms with Crippen molar-refractivity contribution in [2.45, 2.75) is 0 Å². The van der Waals surface area contributed by atoms with Crippen LogP contribution in [0.3, 0.4) is 0 Å². The first-order valence-electron chi connectivity index (χ1n) is 9.98. The van der Waals surface area contributed by atoms with Crippen LogP contribution in [0, 0.1) is 0 Å². The average molecular weight is 399 g/mol. The molecule has 0 aliphatic carbocycles. The van der Waals surface area contributed by atoms with Gasteiger partial charge in [-0.2, -0.15) is 0 Å². The lowest BCUT2D eigenvalue weighted by molar-refractivity contribution is 0.122. The summed E-state index contributed by atoms with van der Waals surface area (Å²) in [4.78, 5) is 14.9. The highest BCUT2D eigenvalue weighted by Crippen LogP contribution is 2.33. The first kappa shape index (κ1) is 18.5. The van der Waals surface area contributed by atoms with Gasteiger partial charge >= 0.3 is 0 Å². The number of aromatic hydroxyl groups is 1. The number of hydrogen-bond acceptors (Lipinski definition) is 5. The number of phenolic OH excluding ortho intramolecular Hbond substituents is 1. The number of hydrogen-bond donors (Lipinski definition) is 1. The number of rotatable bonds is 3. The second-order valence-electron chi connectivity index (χ2n) is 7.36. The van der Waals surface area contributed by atoms with E-state index in [9.17, 15) is 9.90 Å². The molecule has 0 spiro atoms. The Bertz CT molecular complexity index is 1240. The number of nitrogens with zero attached hydrogens (tertiary/aromatic N) is 1. The van der Waals surface area contributed by atoms with Crippen LogP contribution in [0.15, 0.2) is 82.0 Å². The van der Waals surface area contributed by atoms with Crippen molar-refractivity contribution in [1.29, 1.82) is 0 Å². The van der Waals surface area contributed by atoms with Crippen LogP contribution in [0.4, 0.5) is 5.69 Å². The fourth-order valence-electron chi connectivity index (χ4n) is 3.87. The van der Waals surface area contributed by atoms with Crippen LogP contribution >= 0.6 is 0 Å². The molecule has 4 aromatic rings. The Labute approximate surface area is 173 Å². The first-order chi connectivity index (χ1) is 14.7. The molecule has 0 amide bonds. The highest BCUT2D eigenvalue weighted by Gasteiger charge is 2.14. The summed E-state index contributed by atoms with van der Waals surface area (Å²) >= 11 is 0. The topological polar surface area (TPSA) is 62.9 Å². The summed E-state index contributed by atoms with van der Waals surface area (Å²) in [6.07, 6.45) is 0. The number of morpholine rings is 1. The fraction of sp³-hybridized carbons (Fsp3) is 0.160. The predicted octanol–water partition coefficient (Wildman–Crippen LogP) is 4.67. The standard InChI is InChI=1S/C25H21NO4/c27-21-14-19(17-6-8-20(9-7-17)26-10-12-29-13-11-26)15-24-25(21)22(28)16-23(30-24)18-4-2-1-3-5-18/h1-9,14-16,27H,10-13H2. The van der Waals surface area contributed by atoms with E-state index < -0.39 is 0 Å². The highest BCUT2D eigenvalue weighted by molar-refractivity contribution is 5.89. The van der Waals surface area contributed by atoms with E-state index in [1.165, 1.54) is 6.07 Å². The van der Waals surface area contributed by atoms with E-state index in [1.807, 2.05) is 48.5 Å². The third kappa shape index (κ3) is 3.44. The lowest BCUT2D eigenvalue weighted by Gasteiger charge is -2.28. The van der Waals surface area contributed by atoms with Gasteiger partial charge in [0, 0.05) is 30.4 Å². The molecule has 0 atom stereocenters. The van der Waals surface area contributed by atoms with Gasteiger partial charge in [0.2, 0.25) is 0 Å². The molecule has 1 N–H and O–H groups in total. The first-order valence-corrected chi connectivity index (χ1v) is 9.98. The van der Waals surface area contributed by atoms with Crippen LogP contribution in [0.5, 0.6) is 5.75 Å². The van der Waals surface area contributed by atoms with Crippen molar-refractivity contribution in [2.75, 3.05) is 31.2 Å². The van der Waals surface area contributed by atoms with Gasteiger partial charge in [-0.1, -0.05) is 42.5 Å². The molecule has 1 saturated heterocycles. The van der Waals surface area contributed by atoms with Crippen LogP contribution in [-0.4, -0.2) is 31.4 Å². The number of benzene rings is 3. The molecule has 0 unspecified atom stereocenters. The second-order valence-corrected chi connectivity index (χ2v) is 7.36. The fourth-order valence-corrected chi connectivity index (χ4v) is 3.87. The van der Waals surface area contributed by atoms with Crippen molar-refractivity contribution in [3.63, 3.8) is 0 Å². The van der Waals surface area contributed by atoms with Crippen LogP contribution < -0.4 is 10.3 Å². The molecule has 5 nitrogen and oxygen atoms in total. The van der Waals surface area contributed by atoms with E-state index >= 15 is 0 Å². The van der Waals surface area contributed by atoms with Crippen LogP contribution in [0.25, 0.3) is 33.4 Å². The molecule has 3 aromatic carbocycles. The molecule has 5 rings (SSSR count). The smallest absolute Gasteiger partial charge is 0.197 e. The minimum Gasteiger partial charge on any atom is -0.507 e. The summed E-state index contributed by atoms with van der Waals surface area (Å²) < 4.78 is 11.4. The summed E-state index contributed by atoms with van der Waals surface area (Å²) in [5, 5.41) is 10.7. The second kappa shape index (κ2) is 7.69. The van der Waals surface area contributed by atoms with Crippen LogP contribution in [0.2, 0.25) is 0 Å². The Balaban J connectivity index is 1.55. The van der Waals surface area contributed by atoms with Gasteiger partial charge in [-0.25, -0.2) is 0 Å². The lowest BCUT2D eigenvalue weighted by atomic mass is 10.0. The molecular formula is C25H21NO4. The molecule has 0 radical (unpaired) electrons. The molecule has 1 fully saturated rings. The number of anilines is 1. The van der Waals surface area contributed by atoms with E-state index in [1.54, 1.807) is 6.07 Å². The van der Waals surface area contributed by atoms with E-state index in [-0.39, 0.29) is 16.6 Å². The zero-order valence-corrected chi connectivity index (χ0v) is 16.4. The molecule has 1 aliphatic heterocycles. The Morgan fingerprint density at radius 3 is 2.27 bits per heavy atom. The maximum atomic E-state index is 12.6. The average Bonchev–Trinajstić information content (AvgIpc) is 2.80. The van der Waals surface area contributed by atoms with Gasteiger partial charge in [0.15, 0.2) is 5.43 Å². The van der Waals surface area contributed by atoms with Gasteiger partial charge in [-0.3, -0.25) is 4.79 Å². The third-order valence-corrected chi connectivity index (χ3v) is 5.45. The lowest BCUT2D eigenvalue weighted by Crippen LogP contribution is -2.36. The van der Waals surface area contributed by atoms with Crippen molar-refractivity contribution >= 4 is 16.7 Å². The SMILES string of the molecule is O=c1cc(-c2ccccc2)oc2cc(-c3ccc(N4CCOCC4)cc3)cc(O)c12. The van der Waals surface area contributed by atoms with E-state index in [2.05, 4.69) is 17.0 Å². The zero-order chi connectivity index (χ0) is 20.5. The van der Waals surface area contributed by atoms with Gasteiger partial charge in [0.25, 0.3) is 0 Å². The van der Waals surface area contributed by atoms with Gasteiger partial charge < -0.3 is 19.2 Å². The third-order valence-electron chi connectivity index (χ3n) is 5.45. The molecular weight excluding hydrogens is 378 g/mol. The molecule has 1 aliphatic rings. The molecule has 150 valence electrons. The summed E-state index contributed by atoms with van der Waals surface area (Å²) in [7, 11) is 0. The molecule has 0 saturated carbocycles. The van der Waals surface area contributed by atoms with Gasteiger partial charge in [-0.15, -0.1) is 0 Å². The molecule has 2 heterocycles. The minimum absolute atomic E-state index is 0.0758. The van der Waals surface area contributed by atoms with Crippen LogP contribution in [-0.2, 0) is 4.74 Å². The Hall–Kier alpha value is -3.57. The monoisotopic (exact) mass is 399 g/mol. The minimum atomic E-state index is -0.262. The van der Waals surface area contributed by atoms with E-state index in [0.29, 0.717) is 11.3 Å². The van der Waals surface area contributed by atoms with Crippen LogP contribution in [0.1, 0.15) is 0 Å². The molecule has 0 bridgehead atoms. The largest absolute Gasteiger partial charge is 0.507 e. The van der Waals surface area contributed by atoms with E-state index in [0.717, 1.165) is 48.7 Å². The van der Waals surface area contributed by atoms with Gasteiger partial charge in [0.05, 0.1) is 13.2 Å². The summed E-state index contributed by atoms with van der Waals surface area (Å²) in [5.41, 5.74) is 3.80. The van der Waals surface area contributed by atoms with Crippen molar-refractivity contribution in [3.05, 3.63) is 83.0 Å². The van der Waals surface area contributed by atoms with Crippen molar-refractivity contribution in [3.8, 4) is 28.2 Å². The number of fused-ring (bicyclic) bond motifs is 1. The Morgan fingerprint density at radius 1 is 0.800 bits per heavy atom. The Kier molecular flexibility index (Phi) is 4.73. The molecule has 30 heavy (non-hydrogen) atoms. The quantitative estimate of drug-likeness (QED) is 0.542. The summed E-state index contributed by atoms with van der Waals surface area (Å²) in [6.45, 7) is 3.24. The molecule has 1 aromatic heterocycles. The van der Waals surface area contributed by atoms with Crippen molar-refractivity contribution < 1.29 is 14.3 Å². The zero-order valence-electron chi connectivity index (χ0n) is 16.4. The van der Waals surface area contributed by atoms with Crippen molar-refractivity contribution in [1.82, 2.24) is 0 Å². The predicted molar refractivity (Wildman–Crippen MR) is 118 cm³/mol.